The summed E-state index contributed by atoms with van der Waals surface area (Å²) in [5, 5.41) is 14.2. The smallest absolute Gasteiger partial charge is 0.335 e. The van der Waals surface area contributed by atoms with E-state index in [1.54, 1.807) is 43.5 Å². The lowest BCUT2D eigenvalue weighted by molar-refractivity contribution is 0.0696. The van der Waals surface area contributed by atoms with E-state index in [1.165, 1.54) is 17.0 Å². The van der Waals surface area contributed by atoms with Crippen molar-refractivity contribution in [3.8, 4) is 28.5 Å². The first-order valence-electron chi connectivity index (χ1n) is 12.9. The zero-order valence-electron chi connectivity index (χ0n) is 22.9. The van der Waals surface area contributed by atoms with Crippen molar-refractivity contribution in [2.45, 2.75) is 33.6 Å². The molecule has 2 heterocycles. The zero-order chi connectivity index (χ0) is 28.6. The molecule has 0 radical (unpaired) electrons. The molecule has 40 heavy (non-hydrogen) atoms. The first-order valence-corrected chi connectivity index (χ1v) is 12.9. The number of fused-ring (bicyclic) bond motifs is 1. The normalized spacial score (nSPS) is 11.6. The van der Waals surface area contributed by atoms with Crippen LogP contribution in [0, 0.1) is 13.8 Å². The lowest BCUT2D eigenvalue weighted by Crippen LogP contribution is -2.20. The lowest BCUT2D eigenvalue weighted by atomic mass is 9.96. The summed E-state index contributed by atoms with van der Waals surface area (Å²) in [5.41, 5.74) is 4.70. The number of carboxylic acid groups (broad SMARTS) is 1. The minimum atomic E-state index is -0.986. The molecule has 8 nitrogen and oxygen atoms in total. The van der Waals surface area contributed by atoms with Gasteiger partial charge in [-0.2, -0.15) is 9.78 Å². The monoisotopic (exact) mass is 535 g/mol. The summed E-state index contributed by atoms with van der Waals surface area (Å²) < 4.78 is 12.9. The van der Waals surface area contributed by atoms with Crippen LogP contribution < -0.4 is 10.3 Å². The van der Waals surface area contributed by atoms with Crippen molar-refractivity contribution in [2.75, 3.05) is 7.11 Å². The second-order valence-electron chi connectivity index (χ2n) is 9.91. The van der Waals surface area contributed by atoms with Crippen molar-refractivity contribution in [1.82, 2.24) is 9.66 Å². The van der Waals surface area contributed by atoms with E-state index in [9.17, 15) is 14.7 Å². The molecule has 8 heteroatoms. The van der Waals surface area contributed by atoms with Crippen molar-refractivity contribution >= 4 is 23.1 Å². The van der Waals surface area contributed by atoms with Crippen LogP contribution in [-0.2, 0) is 0 Å². The molecule has 0 saturated carbocycles. The minimum Gasteiger partial charge on any atom is -0.496 e. The van der Waals surface area contributed by atoms with Crippen molar-refractivity contribution < 1.29 is 19.1 Å². The summed E-state index contributed by atoms with van der Waals surface area (Å²) >= 11 is 0. The molecule has 2 aromatic heterocycles. The highest BCUT2D eigenvalue weighted by Crippen LogP contribution is 2.34. The number of ether oxygens (including phenoxy) is 1. The number of benzene rings is 3. The molecule has 3 aromatic carbocycles. The van der Waals surface area contributed by atoms with Gasteiger partial charge in [0.1, 0.15) is 17.3 Å². The topological polar surface area (TPSA) is 107 Å². The molecule has 0 fully saturated rings. The molecular formula is C32H29N3O5. The minimum absolute atomic E-state index is 0.188. The van der Waals surface area contributed by atoms with Crippen molar-refractivity contribution in [1.29, 1.82) is 0 Å². The Kier molecular flexibility index (Phi) is 7.09. The van der Waals surface area contributed by atoms with E-state index in [0.717, 1.165) is 33.6 Å². The average molecular weight is 536 g/mol. The highest BCUT2D eigenvalue weighted by atomic mass is 16.5. The molecule has 0 amide bonds. The number of hydrogen-bond acceptors (Lipinski definition) is 6. The second-order valence-corrected chi connectivity index (χ2v) is 9.91. The summed E-state index contributed by atoms with van der Waals surface area (Å²) in [6, 6.07) is 19.5. The van der Waals surface area contributed by atoms with Crippen LogP contribution >= 0.6 is 0 Å². The van der Waals surface area contributed by atoms with Gasteiger partial charge in [0.05, 0.1) is 29.8 Å². The number of aromatic nitrogens is 2. The summed E-state index contributed by atoms with van der Waals surface area (Å²) in [7, 11) is 1.65. The van der Waals surface area contributed by atoms with Crippen molar-refractivity contribution in [3.63, 3.8) is 0 Å². The predicted octanol–water partition coefficient (Wildman–Crippen LogP) is 6.65. The third-order valence-electron chi connectivity index (χ3n) is 6.86. The van der Waals surface area contributed by atoms with Crippen LogP contribution in [0.5, 0.6) is 5.75 Å². The molecule has 5 rings (SSSR count). The van der Waals surface area contributed by atoms with Gasteiger partial charge in [-0.05, 0) is 85.0 Å². The van der Waals surface area contributed by atoms with Gasteiger partial charge < -0.3 is 14.3 Å². The Bertz CT molecular complexity index is 1850. The fourth-order valence-corrected chi connectivity index (χ4v) is 4.73. The summed E-state index contributed by atoms with van der Waals surface area (Å²) in [6.07, 6.45) is 1.48. The highest BCUT2D eigenvalue weighted by molar-refractivity contribution is 5.89. The lowest BCUT2D eigenvalue weighted by Gasteiger charge is -2.17. The van der Waals surface area contributed by atoms with E-state index in [4.69, 9.17) is 14.1 Å². The van der Waals surface area contributed by atoms with Crippen LogP contribution in [0.1, 0.15) is 52.6 Å². The molecule has 0 atom stereocenters. The fourth-order valence-electron chi connectivity index (χ4n) is 4.73. The van der Waals surface area contributed by atoms with Gasteiger partial charge in [-0.1, -0.05) is 32.0 Å². The van der Waals surface area contributed by atoms with Crippen LogP contribution in [0.3, 0.4) is 0 Å². The number of nitrogens with zero attached hydrogens (tertiary/aromatic N) is 3. The van der Waals surface area contributed by atoms with Crippen molar-refractivity contribution in [3.05, 3.63) is 105 Å². The second kappa shape index (κ2) is 10.6. The van der Waals surface area contributed by atoms with Gasteiger partial charge in [-0.15, -0.1) is 0 Å². The Balaban J connectivity index is 1.62. The van der Waals surface area contributed by atoms with Crippen LogP contribution in [0.2, 0.25) is 0 Å². The Morgan fingerprint density at radius 3 is 2.48 bits per heavy atom. The Hall–Kier alpha value is -4.98. The summed E-state index contributed by atoms with van der Waals surface area (Å²) in [4.78, 5) is 29.8. The molecule has 0 aliphatic heterocycles. The third-order valence-corrected chi connectivity index (χ3v) is 6.86. The maximum Gasteiger partial charge on any atom is 0.335 e. The molecule has 0 aliphatic rings. The third kappa shape index (κ3) is 4.91. The molecule has 1 N–H and O–H groups in total. The van der Waals surface area contributed by atoms with E-state index < -0.39 is 5.97 Å². The first-order chi connectivity index (χ1) is 19.2. The van der Waals surface area contributed by atoms with Gasteiger partial charge in [0.2, 0.25) is 0 Å². The molecular weight excluding hydrogens is 506 g/mol. The molecule has 0 aliphatic carbocycles. The van der Waals surface area contributed by atoms with Gasteiger partial charge in [0.15, 0.2) is 5.82 Å². The van der Waals surface area contributed by atoms with E-state index >= 15 is 0 Å². The SMILES string of the molecule is COc1cc(C)c(-c2nc3ccccc3c(=O)n2N=Cc2ccc(-c3ccc(C(=O)O)cc3C)o2)cc1C(C)C. The number of carbonyl (C=O) groups is 1. The van der Waals surface area contributed by atoms with E-state index in [1.807, 2.05) is 38.1 Å². The van der Waals surface area contributed by atoms with Gasteiger partial charge in [-0.3, -0.25) is 4.79 Å². The zero-order valence-corrected chi connectivity index (χ0v) is 22.9. The summed E-state index contributed by atoms with van der Waals surface area (Å²) in [5.74, 6) is 1.38. The highest BCUT2D eigenvalue weighted by Gasteiger charge is 2.18. The molecule has 0 unspecified atom stereocenters. The number of rotatable bonds is 7. The molecule has 202 valence electrons. The maximum atomic E-state index is 13.7. The fraction of sp³-hybridized carbons (Fsp3) is 0.188. The van der Waals surface area contributed by atoms with Gasteiger partial charge in [0, 0.05) is 11.1 Å². The van der Waals surface area contributed by atoms with Crippen molar-refractivity contribution in [2.24, 2.45) is 5.10 Å². The van der Waals surface area contributed by atoms with Gasteiger partial charge in [0.25, 0.3) is 5.56 Å². The molecule has 5 aromatic rings. The molecule has 0 bridgehead atoms. The van der Waals surface area contributed by atoms with E-state index in [2.05, 4.69) is 18.9 Å². The van der Waals surface area contributed by atoms with Crippen LogP contribution in [0.25, 0.3) is 33.6 Å². The quantitative estimate of drug-likeness (QED) is 0.234. The Labute approximate surface area is 231 Å². The number of methoxy groups -OCH3 is 1. The predicted molar refractivity (Wildman–Crippen MR) is 156 cm³/mol. The molecule has 0 saturated heterocycles. The number of para-hydroxylation sites is 1. The van der Waals surface area contributed by atoms with Crippen LogP contribution in [0.4, 0.5) is 0 Å². The van der Waals surface area contributed by atoms with Crippen LogP contribution in [-0.4, -0.2) is 34.1 Å². The Morgan fingerprint density at radius 2 is 1.77 bits per heavy atom. The largest absolute Gasteiger partial charge is 0.496 e. The first kappa shape index (κ1) is 26.6. The number of furan rings is 1. The average Bonchev–Trinajstić information content (AvgIpc) is 3.40. The number of hydrogen-bond donors (Lipinski definition) is 1. The van der Waals surface area contributed by atoms with Gasteiger partial charge in [-0.25, -0.2) is 9.78 Å². The number of aromatic carboxylic acids is 1. The number of carboxylic acids is 1. The van der Waals surface area contributed by atoms with Gasteiger partial charge >= 0.3 is 5.97 Å². The van der Waals surface area contributed by atoms with E-state index in [-0.39, 0.29) is 17.0 Å². The molecule has 0 spiro atoms. The van der Waals surface area contributed by atoms with Crippen LogP contribution in [0.15, 0.2) is 81.0 Å². The maximum absolute atomic E-state index is 13.7. The Morgan fingerprint density at radius 1 is 1.02 bits per heavy atom. The van der Waals surface area contributed by atoms with E-state index in [0.29, 0.717) is 28.2 Å². The number of aryl methyl sites for hydroxylation is 2. The standard InChI is InChI=1S/C32H29N3O5/c1-18(2)25-16-26(20(4)15-29(25)39-5)30-34-27-9-7-6-8-24(27)31(36)35(30)33-17-22-11-13-28(40-22)23-12-10-21(32(37)38)14-19(23)3/h6-18H,1-5H3,(H,37,38). The summed E-state index contributed by atoms with van der Waals surface area (Å²) in [6.45, 7) is 7.95.